The lowest BCUT2D eigenvalue weighted by Gasteiger charge is -2.15. The molecule has 29 heavy (non-hydrogen) atoms. The molecule has 0 saturated carbocycles. The Labute approximate surface area is 170 Å². The Hall–Kier alpha value is -3.54. The number of aromatic nitrogens is 1. The predicted octanol–water partition coefficient (Wildman–Crippen LogP) is 4.55. The number of ether oxygens (including phenoxy) is 2. The molecule has 3 rings (SSSR count). The topological polar surface area (TPSA) is 72.5 Å². The highest BCUT2D eigenvalue weighted by Crippen LogP contribution is 2.28. The molecule has 1 heterocycles. The van der Waals surface area contributed by atoms with E-state index in [4.69, 9.17) is 9.47 Å². The molecule has 0 aliphatic heterocycles. The van der Waals surface area contributed by atoms with E-state index in [1.807, 2.05) is 62.4 Å². The van der Waals surface area contributed by atoms with E-state index in [2.05, 4.69) is 15.6 Å². The van der Waals surface area contributed by atoms with Crippen LogP contribution in [0.5, 0.6) is 11.5 Å². The normalized spacial score (nSPS) is 10.5. The van der Waals surface area contributed by atoms with Crippen molar-refractivity contribution in [1.29, 1.82) is 0 Å². The summed E-state index contributed by atoms with van der Waals surface area (Å²) >= 11 is 0. The molecule has 6 nitrogen and oxygen atoms in total. The SMILES string of the molecule is COc1ccc(CNC(=O)c2cncc(Nc3ccccc3OC(C)C)c2)cc1. The summed E-state index contributed by atoms with van der Waals surface area (Å²) in [7, 11) is 1.62. The van der Waals surface area contributed by atoms with Crippen LogP contribution in [-0.2, 0) is 6.54 Å². The first-order chi connectivity index (χ1) is 14.0. The summed E-state index contributed by atoms with van der Waals surface area (Å²) in [6.45, 7) is 4.38. The molecule has 0 unspecified atom stereocenters. The lowest BCUT2D eigenvalue weighted by atomic mass is 10.2. The van der Waals surface area contributed by atoms with Crippen molar-refractivity contribution in [3.63, 3.8) is 0 Å². The fraction of sp³-hybridized carbons (Fsp3) is 0.217. The molecule has 150 valence electrons. The number of amides is 1. The van der Waals surface area contributed by atoms with Crippen molar-refractivity contribution in [3.8, 4) is 11.5 Å². The number of para-hydroxylation sites is 2. The van der Waals surface area contributed by atoms with E-state index in [0.29, 0.717) is 17.8 Å². The lowest BCUT2D eigenvalue weighted by molar-refractivity contribution is 0.0950. The molecule has 0 bridgehead atoms. The first-order valence-corrected chi connectivity index (χ1v) is 9.44. The molecule has 1 amide bonds. The van der Waals surface area contributed by atoms with Crippen LogP contribution >= 0.6 is 0 Å². The number of hydrogen-bond acceptors (Lipinski definition) is 5. The molecular weight excluding hydrogens is 366 g/mol. The number of nitrogens with one attached hydrogen (secondary N) is 2. The lowest BCUT2D eigenvalue weighted by Crippen LogP contribution is -2.23. The van der Waals surface area contributed by atoms with Crippen LogP contribution in [0.25, 0.3) is 0 Å². The Morgan fingerprint density at radius 3 is 2.55 bits per heavy atom. The van der Waals surface area contributed by atoms with Gasteiger partial charge in [-0.25, -0.2) is 0 Å². The number of carbonyl (C=O) groups excluding carboxylic acids is 1. The molecule has 0 aliphatic carbocycles. The van der Waals surface area contributed by atoms with Crippen molar-refractivity contribution < 1.29 is 14.3 Å². The minimum absolute atomic E-state index is 0.0612. The highest BCUT2D eigenvalue weighted by atomic mass is 16.5. The van der Waals surface area contributed by atoms with E-state index in [1.165, 1.54) is 0 Å². The van der Waals surface area contributed by atoms with Crippen LogP contribution in [-0.4, -0.2) is 24.1 Å². The standard InChI is InChI=1S/C23H25N3O3/c1-16(2)29-22-7-5-4-6-21(22)26-19-12-18(14-24-15-19)23(27)25-13-17-8-10-20(28-3)11-9-17/h4-12,14-16,26H,13H2,1-3H3,(H,25,27). The fourth-order valence-electron chi connectivity index (χ4n) is 2.74. The molecule has 0 radical (unpaired) electrons. The minimum atomic E-state index is -0.191. The summed E-state index contributed by atoms with van der Waals surface area (Å²) in [6.07, 6.45) is 3.28. The molecule has 0 aliphatic rings. The maximum absolute atomic E-state index is 12.5. The summed E-state index contributed by atoms with van der Waals surface area (Å²) in [4.78, 5) is 16.7. The van der Waals surface area contributed by atoms with E-state index in [-0.39, 0.29) is 12.0 Å². The zero-order valence-corrected chi connectivity index (χ0v) is 16.8. The van der Waals surface area contributed by atoms with Crippen LogP contribution in [0.15, 0.2) is 67.0 Å². The highest BCUT2D eigenvalue weighted by Gasteiger charge is 2.09. The Morgan fingerprint density at radius 1 is 1.07 bits per heavy atom. The maximum atomic E-state index is 12.5. The van der Waals surface area contributed by atoms with Crippen LogP contribution < -0.4 is 20.1 Å². The highest BCUT2D eigenvalue weighted by molar-refractivity contribution is 5.94. The summed E-state index contributed by atoms with van der Waals surface area (Å²) in [6, 6.07) is 17.0. The van der Waals surface area contributed by atoms with Gasteiger partial charge in [-0.3, -0.25) is 9.78 Å². The van der Waals surface area contributed by atoms with E-state index in [1.54, 1.807) is 25.6 Å². The van der Waals surface area contributed by atoms with Crippen LogP contribution in [0, 0.1) is 0 Å². The van der Waals surface area contributed by atoms with Crippen LogP contribution in [0.4, 0.5) is 11.4 Å². The zero-order chi connectivity index (χ0) is 20.6. The van der Waals surface area contributed by atoms with Gasteiger partial charge < -0.3 is 20.1 Å². The maximum Gasteiger partial charge on any atom is 0.253 e. The largest absolute Gasteiger partial charge is 0.497 e. The smallest absolute Gasteiger partial charge is 0.253 e. The number of hydrogen-bond donors (Lipinski definition) is 2. The zero-order valence-electron chi connectivity index (χ0n) is 16.8. The van der Waals surface area contributed by atoms with Crippen molar-refractivity contribution in [2.45, 2.75) is 26.5 Å². The quantitative estimate of drug-likeness (QED) is 0.589. The van der Waals surface area contributed by atoms with Crippen molar-refractivity contribution in [2.75, 3.05) is 12.4 Å². The fourth-order valence-corrected chi connectivity index (χ4v) is 2.74. The van der Waals surface area contributed by atoms with Crippen LogP contribution in [0.3, 0.4) is 0 Å². The van der Waals surface area contributed by atoms with Gasteiger partial charge in [-0.2, -0.15) is 0 Å². The number of benzene rings is 2. The molecule has 0 atom stereocenters. The number of pyridine rings is 1. The van der Waals surface area contributed by atoms with Gasteiger partial charge in [-0.1, -0.05) is 24.3 Å². The van der Waals surface area contributed by atoms with E-state index in [9.17, 15) is 4.79 Å². The van der Waals surface area contributed by atoms with Crippen LogP contribution in [0.2, 0.25) is 0 Å². The molecule has 2 N–H and O–H groups in total. The summed E-state index contributed by atoms with van der Waals surface area (Å²) in [5.41, 5.74) is 2.99. The number of anilines is 2. The molecular formula is C23H25N3O3. The van der Waals surface area contributed by atoms with Crippen molar-refractivity contribution in [2.24, 2.45) is 0 Å². The van der Waals surface area contributed by atoms with Gasteiger partial charge in [0.05, 0.1) is 36.3 Å². The van der Waals surface area contributed by atoms with Gasteiger partial charge in [-0.05, 0) is 49.7 Å². The number of methoxy groups -OCH3 is 1. The van der Waals surface area contributed by atoms with E-state index in [0.717, 1.165) is 22.7 Å². The third-order valence-corrected chi connectivity index (χ3v) is 4.14. The van der Waals surface area contributed by atoms with Crippen molar-refractivity contribution in [3.05, 3.63) is 78.1 Å². The molecule has 0 fully saturated rings. The molecule has 0 saturated heterocycles. The minimum Gasteiger partial charge on any atom is -0.497 e. The Balaban J connectivity index is 1.66. The first kappa shape index (κ1) is 20.2. The molecule has 1 aromatic heterocycles. The van der Waals surface area contributed by atoms with Gasteiger partial charge in [0.25, 0.3) is 5.91 Å². The molecule has 0 spiro atoms. The van der Waals surface area contributed by atoms with Crippen LogP contribution in [0.1, 0.15) is 29.8 Å². The second-order valence-corrected chi connectivity index (χ2v) is 6.78. The number of nitrogens with zero attached hydrogens (tertiary/aromatic N) is 1. The van der Waals surface area contributed by atoms with Crippen molar-refractivity contribution in [1.82, 2.24) is 10.3 Å². The summed E-state index contributed by atoms with van der Waals surface area (Å²) < 4.78 is 11.0. The summed E-state index contributed by atoms with van der Waals surface area (Å²) in [5, 5.41) is 6.19. The van der Waals surface area contributed by atoms with Gasteiger partial charge in [0.1, 0.15) is 11.5 Å². The molecule has 6 heteroatoms. The second kappa shape index (κ2) is 9.59. The van der Waals surface area contributed by atoms with Gasteiger partial charge in [0, 0.05) is 12.7 Å². The first-order valence-electron chi connectivity index (χ1n) is 9.44. The van der Waals surface area contributed by atoms with Crippen molar-refractivity contribution >= 4 is 17.3 Å². The Morgan fingerprint density at radius 2 is 1.83 bits per heavy atom. The van der Waals surface area contributed by atoms with E-state index < -0.39 is 0 Å². The third-order valence-electron chi connectivity index (χ3n) is 4.14. The molecule has 3 aromatic rings. The van der Waals surface area contributed by atoms with Gasteiger partial charge >= 0.3 is 0 Å². The van der Waals surface area contributed by atoms with Gasteiger partial charge in [0.15, 0.2) is 0 Å². The number of carbonyl (C=O) groups is 1. The van der Waals surface area contributed by atoms with E-state index >= 15 is 0 Å². The summed E-state index contributed by atoms with van der Waals surface area (Å²) in [5.74, 6) is 1.34. The Bertz CT molecular complexity index is 956. The number of rotatable bonds is 8. The second-order valence-electron chi connectivity index (χ2n) is 6.78. The van der Waals surface area contributed by atoms with Gasteiger partial charge in [-0.15, -0.1) is 0 Å². The average Bonchev–Trinajstić information content (AvgIpc) is 2.73. The Kier molecular flexibility index (Phi) is 6.68. The monoisotopic (exact) mass is 391 g/mol. The van der Waals surface area contributed by atoms with Gasteiger partial charge in [0.2, 0.25) is 0 Å². The third kappa shape index (κ3) is 5.72. The molecule has 2 aromatic carbocycles. The average molecular weight is 391 g/mol. The predicted molar refractivity (Wildman–Crippen MR) is 114 cm³/mol.